The molecular formula is C20H17NO2. The van der Waals surface area contributed by atoms with Gasteiger partial charge in [-0.2, -0.15) is 0 Å². The maximum Gasteiger partial charge on any atom is 0.256 e. The molecule has 0 unspecified atom stereocenters. The molecule has 0 aromatic heterocycles. The van der Waals surface area contributed by atoms with Gasteiger partial charge in [-0.05, 0) is 35.8 Å². The monoisotopic (exact) mass is 303 g/mol. The number of carbonyl (C=O) groups is 2. The van der Waals surface area contributed by atoms with Gasteiger partial charge in [-0.3, -0.25) is 9.59 Å². The van der Waals surface area contributed by atoms with Crippen molar-refractivity contribution in [1.82, 2.24) is 0 Å². The molecule has 2 aromatic carbocycles. The van der Waals surface area contributed by atoms with E-state index in [1.165, 1.54) is 6.08 Å². The number of allylic oxidation sites excluding steroid dienone is 2. The second-order valence-electron chi connectivity index (χ2n) is 5.36. The van der Waals surface area contributed by atoms with Crippen molar-refractivity contribution >= 4 is 29.0 Å². The van der Waals surface area contributed by atoms with E-state index in [1.807, 2.05) is 67.6 Å². The van der Waals surface area contributed by atoms with E-state index in [0.29, 0.717) is 17.6 Å². The number of amides is 1. The molecule has 0 radical (unpaired) electrons. The van der Waals surface area contributed by atoms with E-state index in [0.717, 1.165) is 16.8 Å². The van der Waals surface area contributed by atoms with Gasteiger partial charge < -0.3 is 5.32 Å². The molecule has 1 aliphatic rings. The molecule has 114 valence electrons. The first-order chi connectivity index (χ1) is 11.2. The molecule has 0 fully saturated rings. The predicted molar refractivity (Wildman–Crippen MR) is 92.8 cm³/mol. The summed E-state index contributed by atoms with van der Waals surface area (Å²) in [6.07, 6.45) is 3.93. The van der Waals surface area contributed by atoms with Crippen molar-refractivity contribution in [2.45, 2.75) is 13.3 Å². The summed E-state index contributed by atoms with van der Waals surface area (Å²) >= 11 is 0. The van der Waals surface area contributed by atoms with Gasteiger partial charge in [-0.15, -0.1) is 0 Å². The van der Waals surface area contributed by atoms with Crippen molar-refractivity contribution in [3.8, 4) is 0 Å². The quantitative estimate of drug-likeness (QED) is 0.865. The van der Waals surface area contributed by atoms with Gasteiger partial charge in [0.1, 0.15) is 0 Å². The molecule has 2 aromatic rings. The summed E-state index contributed by atoms with van der Waals surface area (Å²) in [5.74, 6) is -0.354. The molecule has 0 bridgehead atoms. The van der Waals surface area contributed by atoms with Gasteiger partial charge in [-0.25, -0.2) is 0 Å². The minimum Gasteiger partial charge on any atom is -0.321 e. The zero-order valence-electron chi connectivity index (χ0n) is 12.9. The van der Waals surface area contributed by atoms with Gasteiger partial charge in [0.15, 0.2) is 5.78 Å². The van der Waals surface area contributed by atoms with Crippen molar-refractivity contribution < 1.29 is 9.59 Å². The molecule has 1 N–H and O–H groups in total. The second kappa shape index (κ2) is 6.44. The third-order valence-electron chi connectivity index (χ3n) is 3.82. The highest BCUT2D eigenvalue weighted by Crippen LogP contribution is 2.31. The third kappa shape index (κ3) is 3.14. The van der Waals surface area contributed by atoms with Gasteiger partial charge in [-0.1, -0.05) is 55.5 Å². The number of hydrogen-bond donors (Lipinski definition) is 1. The van der Waals surface area contributed by atoms with Crippen molar-refractivity contribution in [3.63, 3.8) is 0 Å². The second-order valence-corrected chi connectivity index (χ2v) is 5.36. The zero-order chi connectivity index (χ0) is 16.2. The number of hydrogen-bond acceptors (Lipinski definition) is 2. The fourth-order valence-electron chi connectivity index (χ4n) is 2.60. The fourth-order valence-corrected chi connectivity index (χ4v) is 2.60. The van der Waals surface area contributed by atoms with Crippen LogP contribution < -0.4 is 5.32 Å². The summed E-state index contributed by atoms with van der Waals surface area (Å²) < 4.78 is 0. The van der Waals surface area contributed by atoms with E-state index >= 15 is 0 Å². The third-order valence-corrected chi connectivity index (χ3v) is 3.82. The number of anilines is 1. The van der Waals surface area contributed by atoms with Crippen LogP contribution in [-0.2, 0) is 9.59 Å². The number of ketones is 1. The highest BCUT2D eigenvalue weighted by Gasteiger charge is 2.24. The standard InChI is InChI=1S/C20H17NO2/c1-2-15(12-14-8-4-3-5-9-14)19(22)13-17-16-10-6-7-11-18(16)21-20(17)23/h3-13H,2H2,1H3,(H,21,23)/b15-12+,17-13+. The van der Waals surface area contributed by atoms with Crippen LogP contribution in [-0.4, -0.2) is 11.7 Å². The van der Waals surface area contributed by atoms with Gasteiger partial charge in [0.25, 0.3) is 5.91 Å². The smallest absolute Gasteiger partial charge is 0.256 e. The molecule has 23 heavy (non-hydrogen) atoms. The number of fused-ring (bicyclic) bond motifs is 1. The first-order valence-electron chi connectivity index (χ1n) is 7.61. The lowest BCUT2D eigenvalue weighted by Crippen LogP contribution is -2.06. The Hall–Kier alpha value is -2.94. The summed E-state index contributed by atoms with van der Waals surface area (Å²) in [5, 5.41) is 2.78. The van der Waals surface area contributed by atoms with E-state index < -0.39 is 0 Å². The molecule has 1 aliphatic heterocycles. The number of rotatable bonds is 4. The van der Waals surface area contributed by atoms with Crippen LogP contribution >= 0.6 is 0 Å². The van der Waals surface area contributed by atoms with E-state index in [2.05, 4.69) is 5.32 Å². The molecule has 3 rings (SSSR count). The van der Waals surface area contributed by atoms with Crippen molar-refractivity contribution in [1.29, 1.82) is 0 Å². The van der Waals surface area contributed by atoms with Crippen molar-refractivity contribution in [2.75, 3.05) is 5.32 Å². The fraction of sp³-hybridized carbons (Fsp3) is 0.100. The Bertz CT molecular complexity index is 817. The van der Waals surface area contributed by atoms with E-state index in [-0.39, 0.29) is 11.7 Å². The van der Waals surface area contributed by atoms with Crippen molar-refractivity contribution in [2.24, 2.45) is 0 Å². The van der Waals surface area contributed by atoms with Gasteiger partial charge in [0.2, 0.25) is 0 Å². The highest BCUT2D eigenvalue weighted by atomic mass is 16.2. The summed E-state index contributed by atoms with van der Waals surface area (Å²) in [6.45, 7) is 1.94. The van der Waals surface area contributed by atoms with Crippen LogP contribution in [0, 0.1) is 0 Å². The van der Waals surface area contributed by atoms with Gasteiger partial charge >= 0.3 is 0 Å². The van der Waals surface area contributed by atoms with E-state index in [1.54, 1.807) is 0 Å². The molecule has 0 atom stereocenters. The summed E-state index contributed by atoms with van der Waals surface area (Å²) in [4.78, 5) is 24.7. The SMILES string of the molecule is CC/C(=C\c1ccccc1)C(=O)/C=C1/C(=O)Nc2ccccc21. The Morgan fingerprint density at radius 1 is 1.04 bits per heavy atom. The predicted octanol–water partition coefficient (Wildman–Crippen LogP) is 4.08. The minimum absolute atomic E-state index is 0.127. The van der Waals surface area contributed by atoms with Crippen LogP contribution in [0.2, 0.25) is 0 Å². The molecule has 1 amide bonds. The van der Waals surface area contributed by atoms with Crippen LogP contribution in [0.25, 0.3) is 11.6 Å². The topological polar surface area (TPSA) is 46.2 Å². The van der Waals surface area contributed by atoms with Crippen molar-refractivity contribution in [3.05, 3.63) is 77.4 Å². The normalized spacial score (nSPS) is 15.4. The Morgan fingerprint density at radius 3 is 2.48 bits per heavy atom. The number of carbonyl (C=O) groups excluding carboxylic acids is 2. The number of nitrogens with one attached hydrogen (secondary N) is 1. The molecule has 1 heterocycles. The van der Waals surface area contributed by atoms with E-state index in [9.17, 15) is 9.59 Å². The molecule has 3 nitrogen and oxygen atoms in total. The average molecular weight is 303 g/mol. The van der Waals surface area contributed by atoms with Gasteiger partial charge in [0, 0.05) is 11.3 Å². The van der Waals surface area contributed by atoms with Gasteiger partial charge in [0.05, 0.1) is 5.57 Å². The Kier molecular flexibility index (Phi) is 4.20. The lowest BCUT2D eigenvalue weighted by molar-refractivity contribution is -0.113. The molecule has 0 aliphatic carbocycles. The maximum atomic E-state index is 12.6. The Labute approximate surface area is 135 Å². The number of benzene rings is 2. The average Bonchev–Trinajstić information content (AvgIpc) is 2.89. The lowest BCUT2D eigenvalue weighted by Gasteiger charge is -2.02. The van der Waals surface area contributed by atoms with Crippen LogP contribution in [0.15, 0.2) is 66.2 Å². The highest BCUT2D eigenvalue weighted by molar-refractivity contribution is 6.35. The summed E-state index contributed by atoms with van der Waals surface area (Å²) in [7, 11) is 0. The Morgan fingerprint density at radius 2 is 1.74 bits per heavy atom. The van der Waals surface area contributed by atoms with Crippen LogP contribution in [0.5, 0.6) is 0 Å². The van der Waals surface area contributed by atoms with E-state index in [4.69, 9.17) is 0 Å². The molecular weight excluding hydrogens is 286 g/mol. The summed E-state index contributed by atoms with van der Waals surface area (Å²) in [5.41, 5.74) is 3.62. The van der Waals surface area contributed by atoms with Crippen LogP contribution in [0.1, 0.15) is 24.5 Å². The first-order valence-corrected chi connectivity index (χ1v) is 7.61. The molecule has 0 saturated heterocycles. The first kappa shape index (κ1) is 15.0. The maximum absolute atomic E-state index is 12.6. The van der Waals surface area contributed by atoms with Crippen LogP contribution in [0.3, 0.4) is 0 Å². The number of para-hydroxylation sites is 1. The molecule has 0 spiro atoms. The Balaban J connectivity index is 1.94. The molecule has 3 heteroatoms. The largest absolute Gasteiger partial charge is 0.321 e. The minimum atomic E-state index is -0.227. The zero-order valence-corrected chi connectivity index (χ0v) is 12.9. The molecule has 0 saturated carbocycles. The van der Waals surface area contributed by atoms with Crippen LogP contribution in [0.4, 0.5) is 5.69 Å². The summed E-state index contributed by atoms with van der Waals surface area (Å²) in [6, 6.07) is 17.1. The lowest BCUT2D eigenvalue weighted by atomic mass is 10.00.